The third-order valence-electron chi connectivity index (χ3n) is 8.31. The fourth-order valence-corrected chi connectivity index (χ4v) is 27.7. The van der Waals surface area contributed by atoms with E-state index in [0.29, 0.717) is 0 Å². The fourth-order valence-electron chi connectivity index (χ4n) is 6.26. The molecule has 0 saturated heterocycles. The van der Waals surface area contributed by atoms with Crippen molar-refractivity contribution < 1.29 is 4.74 Å². The minimum atomic E-state index is -2.64. The number of thiophene rings is 2. The monoisotopic (exact) mass is 650 g/mol. The van der Waals surface area contributed by atoms with Gasteiger partial charge in [0.05, 0.1) is 0 Å². The third kappa shape index (κ3) is 5.15. The Morgan fingerprint density at radius 3 is 1.71 bits per heavy atom. The van der Waals surface area contributed by atoms with Crippen LogP contribution in [0.15, 0.2) is 72.8 Å². The summed E-state index contributed by atoms with van der Waals surface area (Å²) in [6.07, 6.45) is 8.06. The number of fused-ring (bicyclic) bond motifs is 3. The van der Waals surface area contributed by atoms with Crippen molar-refractivity contribution in [1.29, 1.82) is 0 Å². The second-order valence-electron chi connectivity index (χ2n) is 11.0. The molecule has 2 aromatic carbocycles. The van der Waals surface area contributed by atoms with Gasteiger partial charge in [-0.15, -0.1) is 0 Å². The van der Waals surface area contributed by atoms with Crippen molar-refractivity contribution in [3.8, 4) is 15.5 Å². The number of hydrogen-bond donors (Lipinski definition) is 0. The molecule has 0 atom stereocenters. The van der Waals surface area contributed by atoms with Crippen molar-refractivity contribution >= 4 is 43.9 Å². The molecule has 4 aromatic rings. The van der Waals surface area contributed by atoms with Gasteiger partial charge in [0.15, 0.2) is 0 Å². The molecule has 0 spiro atoms. The zero-order chi connectivity index (χ0) is 26.6. The topological polar surface area (TPSA) is 9.23 Å². The predicted molar refractivity (Wildman–Crippen MR) is 170 cm³/mol. The second kappa shape index (κ2) is 12.3. The molecule has 0 bridgehead atoms. The second-order valence-corrected chi connectivity index (χ2v) is 27.5. The van der Waals surface area contributed by atoms with Crippen molar-refractivity contribution in [1.82, 2.24) is 0 Å². The molecule has 0 radical (unpaired) electrons. The van der Waals surface area contributed by atoms with Crippen molar-refractivity contribution in [3.05, 3.63) is 94.4 Å². The summed E-state index contributed by atoms with van der Waals surface area (Å²) in [6, 6.07) is 26.9. The summed E-state index contributed by atoms with van der Waals surface area (Å²) in [5, 5.41) is 0. The van der Waals surface area contributed by atoms with Gasteiger partial charge in [0.2, 0.25) is 0 Å². The zero-order valence-corrected chi connectivity index (χ0v) is 28.0. The van der Waals surface area contributed by atoms with Crippen LogP contribution in [-0.4, -0.2) is 18.4 Å². The Hall–Kier alpha value is -1.56. The number of benzene rings is 2. The van der Waals surface area contributed by atoms with Gasteiger partial charge in [-0.3, -0.25) is 0 Å². The Morgan fingerprint density at radius 2 is 1.21 bits per heavy atom. The first-order valence-corrected chi connectivity index (χ1v) is 23.7. The van der Waals surface area contributed by atoms with Crippen LogP contribution in [0.1, 0.15) is 80.9 Å². The van der Waals surface area contributed by atoms with Crippen LogP contribution in [0.5, 0.6) is 5.75 Å². The summed E-state index contributed by atoms with van der Waals surface area (Å²) in [5.74, 6) is 1.05. The van der Waals surface area contributed by atoms with E-state index in [4.69, 9.17) is 4.74 Å². The molecule has 1 aliphatic heterocycles. The number of rotatable bonds is 12. The predicted octanol–water partition coefficient (Wildman–Crippen LogP) is 10.5. The van der Waals surface area contributed by atoms with Crippen LogP contribution < -0.4 is 7.63 Å². The minimum absolute atomic E-state index is 0.620. The van der Waals surface area contributed by atoms with Crippen molar-refractivity contribution in [2.45, 2.75) is 85.1 Å². The van der Waals surface area contributed by atoms with Crippen LogP contribution in [-0.2, 0) is 5.60 Å². The summed E-state index contributed by atoms with van der Waals surface area (Å²) in [4.78, 5) is 4.14. The molecular weight excluding hydrogens is 607 g/mol. The van der Waals surface area contributed by atoms with Crippen LogP contribution in [0.25, 0.3) is 9.75 Å². The van der Waals surface area contributed by atoms with Gasteiger partial charge in [-0.1, -0.05) is 0 Å². The van der Waals surface area contributed by atoms with E-state index < -0.39 is 24.0 Å². The molecule has 3 heterocycles. The SMILES string of the molecule is CCC[CH2][Sn]([CH2]CCC)([CH2]CCC)[c]1cc2c(s1)-c1sc(C)cc1OC2(c1ccccc1)c1ccccc1. The Bertz CT molecular complexity index is 1260. The number of hydrogen-bond acceptors (Lipinski definition) is 3. The van der Waals surface area contributed by atoms with Gasteiger partial charge in [-0.25, -0.2) is 0 Å². The fraction of sp³-hybridized carbons (Fsp3) is 0.412. The molecule has 0 aliphatic carbocycles. The summed E-state index contributed by atoms with van der Waals surface area (Å²) in [7, 11) is 0. The molecule has 38 heavy (non-hydrogen) atoms. The van der Waals surface area contributed by atoms with Gasteiger partial charge < -0.3 is 0 Å². The normalized spacial score (nSPS) is 14.1. The molecule has 0 amide bonds. The van der Waals surface area contributed by atoms with Crippen LogP contribution in [0.4, 0.5) is 0 Å². The quantitative estimate of drug-likeness (QED) is 0.139. The number of aryl methyl sites for hydroxylation is 1. The summed E-state index contributed by atoms with van der Waals surface area (Å²) < 4.78 is 13.5. The molecule has 1 nitrogen and oxygen atoms in total. The van der Waals surface area contributed by atoms with Gasteiger partial charge in [-0.2, -0.15) is 0 Å². The van der Waals surface area contributed by atoms with E-state index in [1.54, 1.807) is 2.89 Å². The average Bonchev–Trinajstić information content (AvgIpc) is 3.57. The molecule has 1 aliphatic rings. The Kier molecular flexibility index (Phi) is 9.06. The van der Waals surface area contributed by atoms with Gasteiger partial charge in [0.1, 0.15) is 0 Å². The van der Waals surface area contributed by atoms with Gasteiger partial charge in [-0.05, 0) is 0 Å². The van der Waals surface area contributed by atoms with Crippen LogP contribution in [0.3, 0.4) is 0 Å². The molecule has 0 saturated carbocycles. The number of unbranched alkanes of at least 4 members (excludes halogenated alkanes) is 3. The molecule has 4 heteroatoms. The van der Waals surface area contributed by atoms with E-state index in [0.717, 1.165) is 5.75 Å². The summed E-state index contributed by atoms with van der Waals surface area (Å²) in [6.45, 7) is 9.35. The van der Waals surface area contributed by atoms with Crippen LogP contribution >= 0.6 is 22.7 Å². The average molecular weight is 650 g/mol. The van der Waals surface area contributed by atoms with Gasteiger partial charge >= 0.3 is 244 Å². The first-order chi connectivity index (χ1) is 18.6. The molecule has 200 valence electrons. The first-order valence-electron chi connectivity index (χ1n) is 14.6. The first kappa shape index (κ1) is 28.0. The molecule has 0 unspecified atom stereocenters. The molecule has 5 rings (SSSR count). The van der Waals surface area contributed by atoms with E-state index >= 15 is 0 Å². The number of ether oxygens (including phenoxy) is 1. The standard InChI is InChI=1S/C22H15OS2.3C4H9.Sn/c1-15-14-19-21(25-15)20-18(12-13-24-20)22(23-19,16-8-4-2-5-9-16)17-10-6-3-7-11-17;3*1-3-4-2;/h2-12,14H,1H3;3*1,3-4H2,2H3;. The Morgan fingerprint density at radius 1 is 0.684 bits per heavy atom. The van der Waals surface area contributed by atoms with Crippen molar-refractivity contribution in [2.24, 2.45) is 0 Å². The molecule has 0 fully saturated rings. The van der Waals surface area contributed by atoms with Gasteiger partial charge in [0.25, 0.3) is 0 Å². The summed E-state index contributed by atoms with van der Waals surface area (Å²) >= 11 is 1.44. The molecule has 0 N–H and O–H groups in total. The van der Waals surface area contributed by atoms with Gasteiger partial charge in [0, 0.05) is 0 Å². The Labute approximate surface area is 242 Å². The maximum atomic E-state index is 7.25. The molecule has 2 aromatic heterocycles. The molecular formula is C34H42OS2Sn. The van der Waals surface area contributed by atoms with Crippen LogP contribution in [0, 0.1) is 6.92 Å². The summed E-state index contributed by atoms with van der Waals surface area (Å²) in [5.41, 5.74) is 3.21. The van der Waals surface area contributed by atoms with Crippen molar-refractivity contribution in [3.63, 3.8) is 0 Å². The third-order valence-corrected chi connectivity index (χ3v) is 28.9. The van der Waals surface area contributed by atoms with E-state index in [2.05, 4.69) is 112 Å². The van der Waals surface area contributed by atoms with Crippen LogP contribution in [0.2, 0.25) is 13.3 Å². The Balaban J connectivity index is 1.79. The van der Waals surface area contributed by atoms with Crippen molar-refractivity contribution in [2.75, 3.05) is 0 Å². The maximum absolute atomic E-state index is 7.25. The van der Waals surface area contributed by atoms with E-state index in [1.807, 2.05) is 11.3 Å². The zero-order valence-electron chi connectivity index (χ0n) is 23.5. The van der Waals surface area contributed by atoms with E-state index in [1.165, 1.54) is 83.2 Å². The van der Waals surface area contributed by atoms with E-state index in [9.17, 15) is 0 Å². The van der Waals surface area contributed by atoms with E-state index in [-0.39, 0.29) is 0 Å².